The van der Waals surface area contributed by atoms with Gasteiger partial charge in [0.2, 0.25) is 5.91 Å². The highest BCUT2D eigenvalue weighted by Crippen LogP contribution is 2.44. The number of piperazine rings is 1. The van der Waals surface area contributed by atoms with E-state index in [1.54, 1.807) is 4.90 Å². The number of carbonyl (C=O) groups is 2. The van der Waals surface area contributed by atoms with Crippen LogP contribution in [-0.4, -0.2) is 62.0 Å². The molecule has 2 aromatic heterocycles. The van der Waals surface area contributed by atoms with Crippen LogP contribution in [0.4, 0.5) is 15.9 Å². The minimum absolute atomic E-state index is 0.0371. The molecule has 0 aromatic carbocycles. The van der Waals surface area contributed by atoms with E-state index in [2.05, 4.69) is 16.5 Å². The minimum atomic E-state index is -0.878. The second kappa shape index (κ2) is 12.0. The monoisotopic (exact) mass is 620 g/mol. The van der Waals surface area contributed by atoms with Crippen LogP contribution in [-0.2, 0) is 9.59 Å². The zero-order chi connectivity index (χ0) is 32.0. The Kier molecular flexibility index (Phi) is 8.46. The molecular weight excluding hydrogens is 587 g/mol. The van der Waals surface area contributed by atoms with Crippen LogP contribution in [0.25, 0.3) is 11.8 Å². The van der Waals surface area contributed by atoms with Gasteiger partial charge in [-0.3, -0.25) is 24.2 Å². The van der Waals surface area contributed by atoms with E-state index in [0.29, 0.717) is 53.0 Å². The largest absolute Gasteiger partial charge is 0.365 e. The van der Waals surface area contributed by atoms with Crippen molar-refractivity contribution in [3.05, 3.63) is 92.7 Å². The van der Waals surface area contributed by atoms with Gasteiger partial charge in [-0.2, -0.15) is 0 Å². The lowest BCUT2D eigenvalue weighted by Crippen LogP contribution is -2.54. The molecule has 5 rings (SSSR count). The van der Waals surface area contributed by atoms with Crippen molar-refractivity contribution in [2.75, 3.05) is 29.6 Å². The molecule has 44 heavy (non-hydrogen) atoms. The normalized spacial score (nSPS) is 20.3. The maximum absolute atomic E-state index is 15.2. The summed E-state index contributed by atoms with van der Waals surface area (Å²) in [6, 6.07) is 1.23. The number of pyridine rings is 1. The number of anilines is 2. The van der Waals surface area contributed by atoms with Gasteiger partial charge in [0.05, 0.1) is 33.4 Å². The summed E-state index contributed by atoms with van der Waals surface area (Å²) in [5.41, 5.74) is 1.11. The van der Waals surface area contributed by atoms with Crippen LogP contribution in [0.3, 0.4) is 0 Å². The van der Waals surface area contributed by atoms with Gasteiger partial charge >= 0.3 is 0 Å². The molecule has 12 heteroatoms. The summed E-state index contributed by atoms with van der Waals surface area (Å²) in [6.45, 7) is 14.4. The number of fused-ring (bicyclic) bond motifs is 1. The smallest absolute Gasteiger partial charge is 0.258 e. The van der Waals surface area contributed by atoms with Crippen molar-refractivity contribution in [1.82, 2.24) is 19.4 Å². The maximum Gasteiger partial charge on any atom is 0.258 e. The summed E-state index contributed by atoms with van der Waals surface area (Å²) in [7, 11) is 0. The number of hydrogen-bond acceptors (Lipinski definition) is 8. The zero-order valence-corrected chi connectivity index (χ0v) is 26.0. The molecule has 0 unspecified atom stereocenters. The molecule has 0 radical (unpaired) electrons. The quantitative estimate of drug-likeness (QED) is 0.458. The fourth-order valence-corrected chi connectivity index (χ4v) is 6.17. The molecule has 1 atom stereocenters. The third kappa shape index (κ3) is 5.20. The lowest BCUT2D eigenvalue weighted by Gasteiger charge is -2.42. The topological polar surface area (TPSA) is 112 Å². The predicted molar refractivity (Wildman–Crippen MR) is 168 cm³/mol. The molecular formula is C32H34ClFN6O4. The Labute approximate surface area is 259 Å². The number of carbonyl (C=O) groups excluding carboxylic acids is 2. The Hall–Kier alpha value is -4.35. The van der Waals surface area contributed by atoms with Gasteiger partial charge in [-0.25, -0.2) is 19.4 Å². The van der Waals surface area contributed by atoms with Gasteiger partial charge < -0.3 is 9.80 Å². The lowest BCUT2D eigenvalue weighted by atomic mass is 9.97. The van der Waals surface area contributed by atoms with Crippen molar-refractivity contribution in [2.24, 2.45) is 0 Å². The van der Waals surface area contributed by atoms with E-state index >= 15 is 4.39 Å². The zero-order valence-electron chi connectivity index (χ0n) is 25.2. The first-order valence-electron chi connectivity index (χ1n) is 14.4. The molecule has 2 aromatic rings. The molecule has 1 saturated heterocycles. The van der Waals surface area contributed by atoms with Crippen LogP contribution in [0.15, 0.2) is 70.2 Å². The average Bonchev–Trinajstić information content (AvgIpc) is 2.97. The Morgan fingerprint density at radius 1 is 1.16 bits per heavy atom. The van der Waals surface area contributed by atoms with Crippen molar-refractivity contribution < 1.29 is 19.2 Å². The van der Waals surface area contributed by atoms with E-state index in [0.717, 1.165) is 6.08 Å². The summed E-state index contributed by atoms with van der Waals surface area (Å²) in [5.74, 6) is -2.07. The lowest BCUT2D eigenvalue weighted by molar-refractivity contribution is -0.126. The highest BCUT2D eigenvalue weighted by atomic mass is 35.5. The van der Waals surface area contributed by atoms with Crippen molar-refractivity contribution >= 4 is 40.9 Å². The number of halogens is 2. The first kappa shape index (κ1) is 31.1. The van der Waals surface area contributed by atoms with Gasteiger partial charge in [0.1, 0.15) is 17.9 Å². The molecule has 1 N–H and O–H groups in total. The summed E-state index contributed by atoms with van der Waals surface area (Å²) in [6.07, 6.45) is 7.79. The number of hydroxylamine groups is 1. The predicted octanol–water partition coefficient (Wildman–Crippen LogP) is 5.13. The molecule has 0 bridgehead atoms. The maximum atomic E-state index is 15.2. The van der Waals surface area contributed by atoms with Gasteiger partial charge in [0.25, 0.3) is 5.56 Å². The third-order valence-corrected chi connectivity index (χ3v) is 8.24. The molecule has 1 fully saturated rings. The van der Waals surface area contributed by atoms with Crippen LogP contribution in [0.2, 0.25) is 0 Å². The standard InChI is InChI=1S/C32H34ClFN6O4/c1-7-25(42)37-11-12-38(19(6)15-37)23-14-26(43)39(31-28(17(2)3)35-16-36-29(31)18(4)5)32-20(23)13-21(33)30(40(32)44)27-22(34)9-8-10-24(27)41/h7-10,13-14,16-19,44H,1,11-12,15H2,2-6H3/b30-27-/t19-/m0/s1. The average molecular weight is 621 g/mol. The van der Waals surface area contributed by atoms with Gasteiger partial charge in [-0.05, 0) is 43.1 Å². The van der Waals surface area contributed by atoms with Crippen LogP contribution in [0, 0.1) is 0 Å². The van der Waals surface area contributed by atoms with Crippen molar-refractivity contribution in [3.63, 3.8) is 0 Å². The van der Waals surface area contributed by atoms with Crippen LogP contribution >= 0.6 is 11.6 Å². The highest BCUT2D eigenvalue weighted by molar-refractivity contribution is 6.36. The molecule has 1 aliphatic carbocycles. The Morgan fingerprint density at radius 2 is 1.82 bits per heavy atom. The van der Waals surface area contributed by atoms with Crippen molar-refractivity contribution in [3.8, 4) is 5.69 Å². The molecule has 0 saturated carbocycles. The first-order valence-corrected chi connectivity index (χ1v) is 14.8. The number of aromatic nitrogens is 3. The molecule has 2 aliphatic heterocycles. The second-order valence-electron chi connectivity index (χ2n) is 11.5. The number of allylic oxidation sites excluding steroid dienone is 6. The Bertz CT molecular complexity index is 1730. The molecule has 4 heterocycles. The van der Waals surface area contributed by atoms with E-state index in [4.69, 9.17) is 11.6 Å². The highest BCUT2D eigenvalue weighted by Gasteiger charge is 2.37. The second-order valence-corrected chi connectivity index (χ2v) is 11.9. The summed E-state index contributed by atoms with van der Waals surface area (Å²) >= 11 is 6.74. The van der Waals surface area contributed by atoms with Gasteiger partial charge in [-0.1, -0.05) is 52.0 Å². The molecule has 10 nitrogen and oxygen atoms in total. The number of hydrogen-bond donors (Lipinski definition) is 1. The summed E-state index contributed by atoms with van der Waals surface area (Å²) in [5, 5.41) is 12.5. The first-order chi connectivity index (χ1) is 20.9. The van der Waals surface area contributed by atoms with E-state index in [-0.39, 0.29) is 40.3 Å². The van der Waals surface area contributed by atoms with Crippen LogP contribution in [0.5, 0.6) is 0 Å². The number of ketones is 1. The van der Waals surface area contributed by atoms with Crippen molar-refractivity contribution in [2.45, 2.75) is 52.5 Å². The fraction of sp³-hybridized carbons (Fsp3) is 0.344. The number of amides is 1. The van der Waals surface area contributed by atoms with E-state index in [1.165, 1.54) is 41.3 Å². The van der Waals surface area contributed by atoms with Crippen LogP contribution in [0.1, 0.15) is 63.4 Å². The van der Waals surface area contributed by atoms with Gasteiger partial charge in [0, 0.05) is 37.3 Å². The number of rotatable bonds is 5. The van der Waals surface area contributed by atoms with Crippen LogP contribution < -0.4 is 15.5 Å². The van der Waals surface area contributed by atoms with E-state index in [1.807, 2.05) is 39.5 Å². The Morgan fingerprint density at radius 3 is 2.39 bits per heavy atom. The Balaban J connectivity index is 1.85. The van der Waals surface area contributed by atoms with E-state index < -0.39 is 22.7 Å². The number of nitrogens with zero attached hydrogens (tertiary/aromatic N) is 6. The van der Waals surface area contributed by atoms with Crippen molar-refractivity contribution in [1.29, 1.82) is 0 Å². The van der Waals surface area contributed by atoms with Gasteiger partial charge in [0.15, 0.2) is 11.6 Å². The SMILES string of the molecule is C=CC(=O)N1CCN(c2cc(=O)n(-c3c(C(C)C)ncnc3C(C)C)c3c2C=C(Cl)/C(=C2/C(=O)C=CC=C2F)N3O)[C@@H](C)C1. The van der Waals surface area contributed by atoms with E-state index in [9.17, 15) is 19.6 Å². The third-order valence-electron chi connectivity index (χ3n) is 7.95. The molecule has 3 aliphatic rings. The summed E-state index contributed by atoms with van der Waals surface area (Å²) < 4.78 is 16.5. The molecule has 230 valence electrons. The fourth-order valence-electron chi connectivity index (χ4n) is 5.89. The minimum Gasteiger partial charge on any atom is -0.365 e. The summed E-state index contributed by atoms with van der Waals surface area (Å²) in [4.78, 5) is 52.2. The van der Waals surface area contributed by atoms with Gasteiger partial charge in [-0.15, -0.1) is 0 Å². The molecule has 0 spiro atoms. The molecule has 1 amide bonds.